The largest absolute Gasteiger partial charge is 0.468 e. The number of thioether (sulfide) groups is 1. The van der Waals surface area contributed by atoms with Gasteiger partial charge in [0.15, 0.2) is 0 Å². The van der Waals surface area contributed by atoms with Gasteiger partial charge in [0.05, 0.1) is 18.4 Å². The van der Waals surface area contributed by atoms with Crippen LogP contribution in [-0.2, 0) is 20.1 Å². The van der Waals surface area contributed by atoms with Gasteiger partial charge in [-0.1, -0.05) is 12.1 Å². The lowest BCUT2D eigenvalue weighted by Crippen LogP contribution is -2.37. The Kier molecular flexibility index (Phi) is 6.51. The summed E-state index contributed by atoms with van der Waals surface area (Å²) in [5, 5.41) is 2.83. The zero-order valence-electron chi connectivity index (χ0n) is 11.8. The number of ether oxygens (including phenoxy) is 1. The van der Waals surface area contributed by atoms with Crippen molar-refractivity contribution in [3.63, 3.8) is 0 Å². The van der Waals surface area contributed by atoms with Gasteiger partial charge < -0.3 is 15.8 Å². The molecule has 21 heavy (non-hydrogen) atoms. The zero-order chi connectivity index (χ0) is 14.6. The lowest BCUT2D eigenvalue weighted by molar-refractivity contribution is -0.137. The summed E-state index contributed by atoms with van der Waals surface area (Å²) in [6, 6.07) is 7.56. The highest BCUT2D eigenvalue weighted by Crippen LogP contribution is 2.33. The molecule has 1 amide bonds. The molecule has 0 aliphatic heterocycles. The summed E-state index contributed by atoms with van der Waals surface area (Å²) in [4.78, 5) is 22.9. The molecule has 5 nitrogen and oxygen atoms in total. The SMILES string of the molecule is COC(=O)CSCc1cccc(NC(=O)C2(N)CC2)c1.Cl. The molecule has 1 saturated carbocycles. The average Bonchev–Trinajstić information content (AvgIpc) is 3.18. The molecule has 3 N–H and O–H groups in total. The fourth-order valence-corrected chi connectivity index (χ4v) is 2.47. The van der Waals surface area contributed by atoms with Gasteiger partial charge in [0, 0.05) is 11.4 Å². The van der Waals surface area contributed by atoms with Crippen molar-refractivity contribution in [2.45, 2.75) is 24.1 Å². The van der Waals surface area contributed by atoms with Crippen molar-refractivity contribution >= 4 is 41.7 Å². The van der Waals surface area contributed by atoms with E-state index in [1.807, 2.05) is 24.3 Å². The van der Waals surface area contributed by atoms with Gasteiger partial charge in [-0.15, -0.1) is 24.2 Å². The average molecular weight is 331 g/mol. The molecule has 1 aromatic rings. The van der Waals surface area contributed by atoms with Crippen molar-refractivity contribution in [3.8, 4) is 0 Å². The summed E-state index contributed by atoms with van der Waals surface area (Å²) in [7, 11) is 1.37. The van der Waals surface area contributed by atoms with E-state index in [-0.39, 0.29) is 24.3 Å². The van der Waals surface area contributed by atoms with E-state index < -0.39 is 5.54 Å². The molecule has 0 unspecified atom stereocenters. The number of nitrogens with two attached hydrogens (primary N) is 1. The Morgan fingerprint density at radius 2 is 2.14 bits per heavy atom. The van der Waals surface area contributed by atoms with E-state index in [0.29, 0.717) is 11.5 Å². The van der Waals surface area contributed by atoms with Gasteiger partial charge in [0.25, 0.3) is 0 Å². The molecule has 0 saturated heterocycles. The number of benzene rings is 1. The molecule has 1 aliphatic carbocycles. The van der Waals surface area contributed by atoms with Crippen molar-refractivity contribution < 1.29 is 14.3 Å². The Balaban J connectivity index is 0.00000220. The van der Waals surface area contributed by atoms with Crippen LogP contribution in [0.4, 0.5) is 5.69 Å². The van der Waals surface area contributed by atoms with Crippen molar-refractivity contribution in [1.82, 2.24) is 0 Å². The number of esters is 1. The number of halogens is 1. The maximum absolute atomic E-state index is 11.8. The third-order valence-electron chi connectivity index (χ3n) is 3.14. The predicted octanol–water partition coefficient (Wildman–Crippen LogP) is 1.94. The van der Waals surface area contributed by atoms with Crippen LogP contribution in [0.25, 0.3) is 0 Å². The number of hydrogen-bond donors (Lipinski definition) is 2. The van der Waals surface area contributed by atoms with E-state index in [1.165, 1.54) is 18.9 Å². The second kappa shape index (κ2) is 7.68. The molecule has 0 spiro atoms. The highest BCUT2D eigenvalue weighted by Gasteiger charge is 2.45. The van der Waals surface area contributed by atoms with Gasteiger partial charge in [0.1, 0.15) is 0 Å². The summed E-state index contributed by atoms with van der Waals surface area (Å²) >= 11 is 1.47. The monoisotopic (exact) mass is 330 g/mol. The van der Waals surface area contributed by atoms with Gasteiger partial charge in [-0.25, -0.2) is 0 Å². The first-order valence-corrected chi connectivity index (χ1v) is 7.53. The molecule has 1 fully saturated rings. The second-order valence-electron chi connectivity index (χ2n) is 4.88. The minimum Gasteiger partial charge on any atom is -0.468 e. The third-order valence-corrected chi connectivity index (χ3v) is 4.12. The molecule has 0 atom stereocenters. The Bertz CT molecular complexity index is 521. The van der Waals surface area contributed by atoms with Crippen LogP contribution in [0.5, 0.6) is 0 Å². The first-order chi connectivity index (χ1) is 9.53. The normalized spacial score (nSPS) is 14.8. The van der Waals surface area contributed by atoms with Gasteiger partial charge in [-0.05, 0) is 30.5 Å². The molecule has 2 rings (SSSR count). The summed E-state index contributed by atoms with van der Waals surface area (Å²) in [5.74, 6) is 0.640. The van der Waals surface area contributed by atoms with E-state index in [4.69, 9.17) is 5.73 Å². The van der Waals surface area contributed by atoms with Crippen LogP contribution in [0.3, 0.4) is 0 Å². The van der Waals surface area contributed by atoms with E-state index in [0.717, 1.165) is 24.1 Å². The molecule has 116 valence electrons. The highest BCUT2D eigenvalue weighted by atomic mass is 35.5. The minimum atomic E-state index is -0.671. The standard InChI is InChI=1S/C14H18N2O3S.ClH/c1-19-12(17)9-20-8-10-3-2-4-11(7-10)16-13(18)14(15)5-6-14;/h2-4,7H,5-6,8-9,15H2,1H3,(H,16,18);1H. The lowest BCUT2D eigenvalue weighted by atomic mass is 10.2. The molecule has 1 aromatic carbocycles. The fraction of sp³-hybridized carbons (Fsp3) is 0.429. The van der Waals surface area contributed by atoms with Crippen LogP contribution in [0.2, 0.25) is 0 Å². The molecule has 0 bridgehead atoms. The fourth-order valence-electron chi connectivity index (χ4n) is 1.67. The Morgan fingerprint density at radius 1 is 1.43 bits per heavy atom. The first kappa shape index (κ1) is 17.8. The van der Waals surface area contributed by atoms with Crippen LogP contribution in [-0.4, -0.2) is 30.3 Å². The Labute approximate surface area is 134 Å². The van der Waals surface area contributed by atoms with Gasteiger partial charge in [-0.3, -0.25) is 9.59 Å². The molecule has 0 aromatic heterocycles. The van der Waals surface area contributed by atoms with Crippen LogP contribution >= 0.6 is 24.2 Å². The number of anilines is 1. The van der Waals surface area contributed by atoms with E-state index >= 15 is 0 Å². The van der Waals surface area contributed by atoms with E-state index in [9.17, 15) is 9.59 Å². The van der Waals surface area contributed by atoms with E-state index in [2.05, 4.69) is 10.1 Å². The molecular weight excluding hydrogens is 312 g/mol. The van der Waals surface area contributed by atoms with Crippen LogP contribution in [0, 0.1) is 0 Å². The quantitative estimate of drug-likeness (QED) is 0.779. The zero-order valence-corrected chi connectivity index (χ0v) is 13.4. The molecular formula is C14H19ClN2O3S. The number of nitrogens with one attached hydrogen (secondary N) is 1. The lowest BCUT2D eigenvalue weighted by Gasteiger charge is -2.11. The van der Waals surface area contributed by atoms with Gasteiger partial charge >= 0.3 is 5.97 Å². The van der Waals surface area contributed by atoms with Crippen LogP contribution in [0.15, 0.2) is 24.3 Å². The van der Waals surface area contributed by atoms with Gasteiger partial charge in [0.2, 0.25) is 5.91 Å². The van der Waals surface area contributed by atoms with Crippen molar-refractivity contribution in [2.75, 3.05) is 18.2 Å². The van der Waals surface area contributed by atoms with E-state index in [1.54, 1.807) is 0 Å². The number of hydrogen-bond acceptors (Lipinski definition) is 5. The van der Waals surface area contributed by atoms with Crippen LogP contribution < -0.4 is 11.1 Å². The summed E-state index contributed by atoms with van der Waals surface area (Å²) in [5.41, 5.74) is 6.95. The minimum absolute atomic E-state index is 0. The number of rotatable bonds is 6. The maximum atomic E-state index is 11.8. The summed E-state index contributed by atoms with van der Waals surface area (Å²) in [6.45, 7) is 0. The van der Waals surface area contributed by atoms with Crippen molar-refractivity contribution in [2.24, 2.45) is 5.73 Å². The Morgan fingerprint density at radius 3 is 2.76 bits per heavy atom. The predicted molar refractivity (Wildman–Crippen MR) is 86.7 cm³/mol. The summed E-state index contributed by atoms with van der Waals surface area (Å²) < 4.78 is 4.58. The van der Waals surface area contributed by atoms with Crippen LogP contribution in [0.1, 0.15) is 18.4 Å². The highest BCUT2D eigenvalue weighted by molar-refractivity contribution is 7.99. The number of carbonyl (C=O) groups excluding carboxylic acids is 2. The van der Waals surface area contributed by atoms with Crippen molar-refractivity contribution in [1.29, 1.82) is 0 Å². The molecule has 7 heteroatoms. The number of amides is 1. The smallest absolute Gasteiger partial charge is 0.315 e. The topological polar surface area (TPSA) is 81.4 Å². The molecule has 1 aliphatic rings. The second-order valence-corrected chi connectivity index (χ2v) is 5.87. The number of carbonyl (C=O) groups is 2. The molecule has 0 heterocycles. The maximum Gasteiger partial charge on any atom is 0.315 e. The first-order valence-electron chi connectivity index (χ1n) is 6.37. The van der Waals surface area contributed by atoms with Crippen molar-refractivity contribution in [3.05, 3.63) is 29.8 Å². The Hall–Kier alpha value is -1.24. The molecule has 0 radical (unpaired) electrons. The number of methoxy groups -OCH3 is 1. The third kappa shape index (κ3) is 5.22. The van der Waals surface area contributed by atoms with Gasteiger partial charge in [-0.2, -0.15) is 0 Å². The summed E-state index contributed by atoms with van der Waals surface area (Å²) in [6.07, 6.45) is 1.49.